The van der Waals surface area contributed by atoms with E-state index in [4.69, 9.17) is 11.6 Å². The van der Waals surface area contributed by atoms with Crippen LogP contribution in [-0.4, -0.2) is 48.0 Å². The van der Waals surface area contributed by atoms with Gasteiger partial charge >= 0.3 is 5.69 Å². The lowest BCUT2D eigenvalue weighted by Gasteiger charge is -2.35. The van der Waals surface area contributed by atoms with Gasteiger partial charge < -0.3 is 9.80 Å². The maximum atomic E-state index is 11.0. The standard InChI is InChI=1S/C12H17ClN4O2/c1-15(2)9-5-7-16(8-6-9)12-10(17(18)19)3-4-11(13)14-12/h3-4,9H,5-8H2,1-2H3. The lowest BCUT2D eigenvalue weighted by Crippen LogP contribution is -2.42. The number of anilines is 1. The van der Waals surface area contributed by atoms with Crippen molar-refractivity contribution in [2.75, 3.05) is 32.1 Å². The van der Waals surface area contributed by atoms with Crippen LogP contribution in [0.1, 0.15) is 12.8 Å². The SMILES string of the molecule is CN(C)C1CCN(c2nc(Cl)ccc2[N+](=O)[O-])CC1. The van der Waals surface area contributed by atoms with Crippen molar-refractivity contribution >= 4 is 23.1 Å². The molecule has 0 atom stereocenters. The van der Waals surface area contributed by atoms with Crippen LogP contribution in [0.5, 0.6) is 0 Å². The van der Waals surface area contributed by atoms with Gasteiger partial charge in [-0.05, 0) is 33.0 Å². The van der Waals surface area contributed by atoms with Crippen molar-refractivity contribution in [1.82, 2.24) is 9.88 Å². The molecule has 0 bridgehead atoms. The zero-order chi connectivity index (χ0) is 14.0. The van der Waals surface area contributed by atoms with E-state index in [0.717, 1.165) is 25.9 Å². The highest BCUT2D eigenvalue weighted by atomic mass is 35.5. The van der Waals surface area contributed by atoms with E-state index in [1.807, 2.05) is 4.90 Å². The lowest BCUT2D eigenvalue weighted by molar-refractivity contribution is -0.384. The van der Waals surface area contributed by atoms with E-state index < -0.39 is 4.92 Å². The first-order valence-electron chi connectivity index (χ1n) is 6.21. The van der Waals surface area contributed by atoms with Gasteiger partial charge in [0.05, 0.1) is 4.92 Å². The summed E-state index contributed by atoms with van der Waals surface area (Å²) in [5.74, 6) is 0.384. The van der Waals surface area contributed by atoms with Gasteiger partial charge in [0.2, 0.25) is 5.82 Å². The third-order valence-corrected chi connectivity index (χ3v) is 3.72. The number of hydrogen-bond donors (Lipinski definition) is 0. The maximum absolute atomic E-state index is 11.0. The Labute approximate surface area is 117 Å². The third-order valence-electron chi connectivity index (χ3n) is 3.51. The summed E-state index contributed by atoms with van der Waals surface area (Å²) in [5.41, 5.74) is 0.0210. The second-order valence-corrected chi connectivity index (χ2v) is 5.30. The average Bonchev–Trinajstić information content (AvgIpc) is 2.38. The smallest absolute Gasteiger partial charge is 0.311 e. The Morgan fingerprint density at radius 1 is 1.42 bits per heavy atom. The fourth-order valence-corrected chi connectivity index (χ4v) is 2.53. The van der Waals surface area contributed by atoms with Crippen molar-refractivity contribution in [3.8, 4) is 0 Å². The van der Waals surface area contributed by atoms with E-state index in [2.05, 4.69) is 24.0 Å². The molecule has 1 aromatic heterocycles. The summed E-state index contributed by atoms with van der Waals surface area (Å²) in [4.78, 5) is 18.9. The zero-order valence-corrected chi connectivity index (χ0v) is 11.8. The highest BCUT2D eigenvalue weighted by molar-refractivity contribution is 6.29. The van der Waals surface area contributed by atoms with E-state index in [0.29, 0.717) is 11.9 Å². The molecule has 0 unspecified atom stereocenters. The van der Waals surface area contributed by atoms with Crippen molar-refractivity contribution in [2.24, 2.45) is 0 Å². The summed E-state index contributed by atoms with van der Waals surface area (Å²) in [6.45, 7) is 1.52. The van der Waals surface area contributed by atoms with Crippen LogP contribution in [0, 0.1) is 10.1 Å². The molecule has 2 heterocycles. The molecular formula is C12H17ClN4O2. The Bertz CT molecular complexity index is 473. The van der Waals surface area contributed by atoms with Gasteiger partial charge in [0.25, 0.3) is 0 Å². The number of nitrogens with zero attached hydrogens (tertiary/aromatic N) is 4. The van der Waals surface area contributed by atoms with Crippen LogP contribution >= 0.6 is 11.6 Å². The molecule has 0 amide bonds. The predicted octanol–water partition coefficient (Wildman–Crippen LogP) is 2.17. The van der Waals surface area contributed by atoms with E-state index in [1.165, 1.54) is 12.1 Å². The molecule has 7 heteroatoms. The van der Waals surface area contributed by atoms with Gasteiger partial charge in [0.1, 0.15) is 5.15 Å². The summed E-state index contributed by atoms with van der Waals surface area (Å²) in [5, 5.41) is 11.3. The van der Waals surface area contributed by atoms with Crippen LogP contribution in [-0.2, 0) is 0 Å². The maximum Gasteiger partial charge on any atom is 0.311 e. The molecule has 1 saturated heterocycles. The summed E-state index contributed by atoms with van der Waals surface area (Å²) in [6.07, 6.45) is 1.94. The normalized spacial score (nSPS) is 16.9. The minimum absolute atomic E-state index is 0.0210. The van der Waals surface area contributed by atoms with Crippen molar-refractivity contribution < 1.29 is 4.92 Å². The Morgan fingerprint density at radius 2 is 2.05 bits per heavy atom. The molecule has 0 saturated carbocycles. The summed E-state index contributed by atoms with van der Waals surface area (Å²) < 4.78 is 0. The molecule has 1 fully saturated rings. The van der Waals surface area contributed by atoms with Gasteiger partial charge in [-0.25, -0.2) is 4.98 Å². The highest BCUT2D eigenvalue weighted by Crippen LogP contribution is 2.30. The van der Waals surface area contributed by atoms with Crippen LogP contribution in [0.2, 0.25) is 5.15 Å². The molecule has 2 rings (SSSR count). The molecule has 19 heavy (non-hydrogen) atoms. The second-order valence-electron chi connectivity index (χ2n) is 4.92. The van der Waals surface area contributed by atoms with Crippen molar-refractivity contribution in [3.05, 3.63) is 27.4 Å². The molecule has 1 aliphatic rings. The van der Waals surface area contributed by atoms with Crippen molar-refractivity contribution in [1.29, 1.82) is 0 Å². The summed E-state index contributed by atoms with van der Waals surface area (Å²) in [6, 6.07) is 3.40. The van der Waals surface area contributed by atoms with Gasteiger partial charge in [-0.15, -0.1) is 0 Å². The fraction of sp³-hybridized carbons (Fsp3) is 0.583. The first kappa shape index (κ1) is 14.0. The summed E-state index contributed by atoms with van der Waals surface area (Å²) in [7, 11) is 4.11. The predicted molar refractivity (Wildman–Crippen MR) is 74.8 cm³/mol. The number of rotatable bonds is 3. The fourth-order valence-electron chi connectivity index (χ4n) is 2.39. The molecule has 6 nitrogen and oxygen atoms in total. The zero-order valence-electron chi connectivity index (χ0n) is 11.0. The summed E-state index contributed by atoms with van der Waals surface area (Å²) >= 11 is 5.85. The monoisotopic (exact) mass is 284 g/mol. The molecule has 0 aromatic carbocycles. The van der Waals surface area contributed by atoms with Gasteiger partial charge in [0.15, 0.2) is 0 Å². The van der Waals surface area contributed by atoms with E-state index in [1.54, 1.807) is 0 Å². The van der Waals surface area contributed by atoms with E-state index in [9.17, 15) is 10.1 Å². The Kier molecular flexibility index (Phi) is 4.21. The number of halogens is 1. The lowest BCUT2D eigenvalue weighted by atomic mass is 10.0. The molecular weight excluding hydrogens is 268 g/mol. The number of hydrogen-bond acceptors (Lipinski definition) is 5. The first-order chi connectivity index (χ1) is 8.99. The average molecular weight is 285 g/mol. The largest absolute Gasteiger partial charge is 0.351 e. The van der Waals surface area contributed by atoms with E-state index >= 15 is 0 Å². The Hall–Kier alpha value is -1.40. The first-order valence-corrected chi connectivity index (χ1v) is 6.59. The molecule has 0 N–H and O–H groups in total. The van der Waals surface area contributed by atoms with Crippen LogP contribution in [0.25, 0.3) is 0 Å². The molecule has 1 aliphatic heterocycles. The van der Waals surface area contributed by atoms with Gasteiger partial charge in [0, 0.05) is 25.2 Å². The Morgan fingerprint density at radius 3 is 2.58 bits per heavy atom. The second kappa shape index (κ2) is 5.71. The van der Waals surface area contributed by atoms with E-state index in [-0.39, 0.29) is 10.8 Å². The minimum Gasteiger partial charge on any atom is -0.351 e. The van der Waals surface area contributed by atoms with Gasteiger partial charge in [-0.2, -0.15) is 0 Å². The van der Waals surface area contributed by atoms with Crippen molar-refractivity contribution in [2.45, 2.75) is 18.9 Å². The van der Waals surface area contributed by atoms with Crippen LogP contribution in [0.15, 0.2) is 12.1 Å². The highest BCUT2D eigenvalue weighted by Gasteiger charge is 2.26. The number of aromatic nitrogens is 1. The number of pyridine rings is 1. The number of nitro groups is 1. The molecule has 0 aliphatic carbocycles. The molecule has 104 valence electrons. The molecule has 0 spiro atoms. The number of piperidine rings is 1. The molecule has 1 aromatic rings. The van der Waals surface area contributed by atoms with Crippen LogP contribution < -0.4 is 4.90 Å². The van der Waals surface area contributed by atoms with Gasteiger partial charge in [-0.1, -0.05) is 11.6 Å². The van der Waals surface area contributed by atoms with Crippen molar-refractivity contribution in [3.63, 3.8) is 0 Å². The minimum atomic E-state index is -0.406. The van der Waals surface area contributed by atoms with Crippen LogP contribution in [0.4, 0.5) is 11.5 Å². The Balaban J connectivity index is 2.19. The molecule has 0 radical (unpaired) electrons. The van der Waals surface area contributed by atoms with Gasteiger partial charge in [-0.3, -0.25) is 10.1 Å². The third kappa shape index (κ3) is 3.13. The quantitative estimate of drug-likeness (QED) is 0.484. The topological polar surface area (TPSA) is 62.5 Å². The van der Waals surface area contributed by atoms with Crippen LogP contribution in [0.3, 0.4) is 0 Å².